The van der Waals surface area contributed by atoms with Gasteiger partial charge in [0.2, 0.25) is 0 Å². The molecule has 1 spiro atoms. The van der Waals surface area contributed by atoms with E-state index >= 15 is 0 Å². The molecular weight excluding hydrogens is 294 g/mol. The molecule has 2 aliphatic rings. The minimum absolute atomic E-state index is 0.177. The van der Waals surface area contributed by atoms with Crippen LogP contribution in [0.3, 0.4) is 0 Å². The lowest BCUT2D eigenvalue weighted by Gasteiger charge is -2.27. The first-order valence-electron chi connectivity index (χ1n) is 7.98. The fourth-order valence-corrected chi connectivity index (χ4v) is 3.82. The zero-order valence-electron chi connectivity index (χ0n) is 13.8. The quantitative estimate of drug-likeness (QED) is 0.865. The minimum atomic E-state index is -0.955. The fraction of sp³-hybridized carbons (Fsp3) is 0.556. The Labute approximate surface area is 136 Å². The van der Waals surface area contributed by atoms with Gasteiger partial charge in [-0.05, 0) is 56.6 Å². The Hall–Kier alpha value is -2.04. The lowest BCUT2D eigenvalue weighted by Crippen LogP contribution is -2.43. The number of fused-ring (bicyclic) bond motifs is 1. The first-order chi connectivity index (χ1) is 10.7. The molecule has 1 aromatic rings. The minimum Gasteiger partial charge on any atom is -0.480 e. The number of aliphatic carboxylic acids is 1. The van der Waals surface area contributed by atoms with Crippen LogP contribution in [0.4, 0.5) is 4.79 Å². The number of rotatable bonds is 1. The van der Waals surface area contributed by atoms with Crippen molar-refractivity contribution in [2.45, 2.75) is 51.7 Å². The van der Waals surface area contributed by atoms with Gasteiger partial charge in [0.25, 0.3) is 0 Å². The van der Waals surface area contributed by atoms with E-state index in [0.717, 1.165) is 12.8 Å². The Bertz CT molecular complexity index is 622. The van der Waals surface area contributed by atoms with Crippen LogP contribution in [0.1, 0.15) is 38.3 Å². The number of likely N-dealkylation sites (tertiary alicyclic amines) is 1. The van der Waals surface area contributed by atoms with Gasteiger partial charge in [0.05, 0.1) is 0 Å². The number of carboxylic acids is 1. The van der Waals surface area contributed by atoms with Gasteiger partial charge >= 0.3 is 12.1 Å². The summed E-state index contributed by atoms with van der Waals surface area (Å²) in [7, 11) is 0. The first-order valence-corrected chi connectivity index (χ1v) is 7.98. The highest BCUT2D eigenvalue weighted by Gasteiger charge is 2.52. The maximum absolute atomic E-state index is 12.4. The second kappa shape index (κ2) is 5.25. The number of nitrogens with zero attached hydrogens (tertiary/aromatic N) is 1. The lowest BCUT2D eigenvalue weighted by molar-refractivity contribution is -0.142. The van der Waals surface area contributed by atoms with Crippen LogP contribution in [0, 0.1) is 5.41 Å². The van der Waals surface area contributed by atoms with Crippen LogP contribution in [0.5, 0.6) is 0 Å². The van der Waals surface area contributed by atoms with Gasteiger partial charge in [0.15, 0.2) is 0 Å². The van der Waals surface area contributed by atoms with Crippen LogP contribution < -0.4 is 0 Å². The fourth-order valence-electron chi connectivity index (χ4n) is 3.82. The molecule has 1 aliphatic heterocycles. The number of carbonyl (C=O) groups is 2. The maximum atomic E-state index is 12.4. The van der Waals surface area contributed by atoms with E-state index in [1.54, 1.807) is 20.8 Å². The topological polar surface area (TPSA) is 66.8 Å². The van der Waals surface area contributed by atoms with Crippen molar-refractivity contribution in [1.82, 2.24) is 4.90 Å². The van der Waals surface area contributed by atoms with Crippen LogP contribution >= 0.6 is 0 Å². The standard InChI is InChI=1S/C18H23NO4/c1-17(2,3)23-16(22)19-11-18(10-14(19)15(20)21)8-12-6-4-5-7-13(12)9-18/h4-7,14H,8-11H2,1-3H3,(H,20,21)/t14-/m0/s1. The molecule has 1 aliphatic carbocycles. The van der Waals surface area contributed by atoms with Gasteiger partial charge in [-0.3, -0.25) is 4.90 Å². The van der Waals surface area contributed by atoms with E-state index in [4.69, 9.17) is 4.74 Å². The molecule has 23 heavy (non-hydrogen) atoms. The molecular formula is C18H23NO4. The molecule has 0 unspecified atom stereocenters. The third kappa shape index (κ3) is 3.05. The zero-order valence-corrected chi connectivity index (χ0v) is 13.8. The molecule has 0 saturated carbocycles. The second-order valence-electron chi connectivity index (χ2n) is 7.79. The van der Waals surface area contributed by atoms with Gasteiger partial charge < -0.3 is 9.84 Å². The number of amides is 1. The molecule has 1 saturated heterocycles. The monoisotopic (exact) mass is 317 g/mol. The van der Waals surface area contributed by atoms with Crippen molar-refractivity contribution in [3.63, 3.8) is 0 Å². The summed E-state index contributed by atoms with van der Waals surface area (Å²) < 4.78 is 5.41. The number of benzene rings is 1. The van der Waals surface area contributed by atoms with E-state index in [0.29, 0.717) is 13.0 Å². The molecule has 1 heterocycles. The van der Waals surface area contributed by atoms with Gasteiger partial charge in [0.1, 0.15) is 11.6 Å². The molecule has 0 radical (unpaired) electrons. The Morgan fingerprint density at radius 2 is 1.78 bits per heavy atom. The average Bonchev–Trinajstić information content (AvgIpc) is 2.97. The summed E-state index contributed by atoms with van der Waals surface area (Å²) in [5.41, 5.74) is 1.73. The van der Waals surface area contributed by atoms with Crippen molar-refractivity contribution in [1.29, 1.82) is 0 Å². The molecule has 3 rings (SSSR count). The lowest BCUT2D eigenvalue weighted by atomic mass is 9.82. The van der Waals surface area contributed by atoms with Crippen molar-refractivity contribution in [2.24, 2.45) is 5.41 Å². The third-order valence-corrected chi connectivity index (χ3v) is 4.67. The SMILES string of the molecule is CC(C)(C)OC(=O)N1CC2(Cc3ccccc3C2)C[C@H]1C(=O)O. The molecule has 1 amide bonds. The zero-order chi connectivity index (χ0) is 16.8. The smallest absolute Gasteiger partial charge is 0.411 e. The van der Waals surface area contributed by atoms with E-state index in [1.165, 1.54) is 16.0 Å². The largest absolute Gasteiger partial charge is 0.480 e. The molecule has 0 aromatic heterocycles. The molecule has 1 atom stereocenters. The van der Waals surface area contributed by atoms with Crippen molar-refractivity contribution in [2.75, 3.05) is 6.54 Å². The van der Waals surface area contributed by atoms with Gasteiger partial charge in [-0.1, -0.05) is 24.3 Å². The van der Waals surface area contributed by atoms with Crippen molar-refractivity contribution in [3.8, 4) is 0 Å². The molecule has 5 heteroatoms. The van der Waals surface area contributed by atoms with Crippen molar-refractivity contribution < 1.29 is 19.4 Å². The molecule has 1 aromatic carbocycles. The Morgan fingerprint density at radius 3 is 2.26 bits per heavy atom. The summed E-state index contributed by atoms with van der Waals surface area (Å²) in [5.74, 6) is -0.955. The number of ether oxygens (including phenoxy) is 1. The van der Waals surface area contributed by atoms with Gasteiger partial charge in [-0.2, -0.15) is 0 Å². The second-order valence-corrected chi connectivity index (χ2v) is 7.79. The van der Waals surface area contributed by atoms with Gasteiger partial charge in [-0.15, -0.1) is 0 Å². The van der Waals surface area contributed by atoms with Gasteiger partial charge in [-0.25, -0.2) is 9.59 Å². The van der Waals surface area contributed by atoms with E-state index in [9.17, 15) is 14.7 Å². The molecule has 5 nitrogen and oxygen atoms in total. The van der Waals surface area contributed by atoms with Crippen LogP contribution in [-0.2, 0) is 22.4 Å². The molecule has 1 fully saturated rings. The summed E-state index contributed by atoms with van der Waals surface area (Å²) >= 11 is 0. The first kappa shape index (κ1) is 15.8. The van der Waals surface area contributed by atoms with Crippen molar-refractivity contribution in [3.05, 3.63) is 35.4 Å². The maximum Gasteiger partial charge on any atom is 0.411 e. The highest BCUT2D eigenvalue weighted by molar-refractivity contribution is 5.81. The van der Waals surface area contributed by atoms with Crippen LogP contribution in [0.15, 0.2) is 24.3 Å². The van der Waals surface area contributed by atoms with E-state index < -0.39 is 23.7 Å². The predicted octanol–water partition coefficient (Wildman–Crippen LogP) is 2.87. The summed E-state index contributed by atoms with van der Waals surface area (Å²) in [5, 5.41) is 9.54. The van der Waals surface area contributed by atoms with E-state index in [2.05, 4.69) is 12.1 Å². The number of carbonyl (C=O) groups excluding carboxylic acids is 1. The predicted molar refractivity (Wildman–Crippen MR) is 85.3 cm³/mol. The van der Waals surface area contributed by atoms with Crippen LogP contribution in [-0.4, -0.2) is 40.3 Å². The van der Waals surface area contributed by atoms with Crippen molar-refractivity contribution >= 4 is 12.1 Å². The number of hydrogen-bond donors (Lipinski definition) is 1. The third-order valence-electron chi connectivity index (χ3n) is 4.67. The summed E-state index contributed by atoms with van der Waals surface area (Å²) in [6, 6.07) is 7.39. The molecule has 0 bridgehead atoms. The highest BCUT2D eigenvalue weighted by atomic mass is 16.6. The Kier molecular flexibility index (Phi) is 3.62. The number of carboxylic acid groups (broad SMARTS) is 1. The summed E-state index contributed by atoms with van der Waals surface area (Å²) in [6.07, 6.45) is 1.60. The van der Waals surface area contributed by atoms with Crippen LogP contribution in [0.2, 0.25) is 0 Å². The number of hydrogen-bond acceptors (Lipinski definition) is 3. The van der Waals surface area contributed by atoms with E-state index in [-0.39, 0.29) is 5.41 Å². The van der Waals surface area contributed by atoms with Gasteiger partial charge in [0, 0.05) is 6.54 Å². The summed E-state index contributed by atoms with van der Waals surface area (Å²) in [4.78, 5) is 25.5. The molecule has 124 valence electrons. The Balaban J connectivity index is 1.83. The Morgan fingerprint density at radius 1 is 1.22 bits per heavy atom. The van der Waals surface area contributed by atoms with E-state index in [1.807, 2.05) is 12.1 Å². The highest BCUT2D eigenvalue weighted by Crippen LogP contribution is 2.46. The van der Waals surface area contributed by atoms with Crippen LogP contribution in [0.25, 0.3) is 0 Å². The molecule has 1 N–H and O–H groups in total. The summed E-state index contributed by atoms with van der Waals surface area (Å²) in [6.45, 7) is 5.81. The normalized spacial score (nSPS) is 22.2. The average molecular weight is 317 g/mol.